The highest BCUT2D eigenvalue weighted by molar-refractivity contribution is 6.32. The molecule has 3 fully saturated rings. The number of para-hydroxylation sites is 2. The number of fused-ring (bicyclic) bond motifs is 4. The number of imide groups is 2. The molecule has 0 radical (unpaired) electrons. The first kappa shape index (κ1) is 30.1. The van der Waals surface area contributed by atoms with Gasteiger partial charge in [0.15, 0.2) is 0 Å². The molecule has 4 aliphatic rings. The summed E-state index contributed by atoms with van der Waals surface area (Å²) in [6.45, 7) is 1.82. The number of hydrogen-bond acceptors (Lipinski definition) is 6. The van der Waals surface area contributed by atoms with Crippen LogP contribution in [0.1, 0.15) is 31.2 Å². The summed E-state index contributed by atoms with van der Waals surface area (Å²) in [6.07, 6.45) is 2.56. The van der Waals surface area contributed by atoms with E-state index in [1.807, 2.05) is 61.5 Å². The number of rotatable bonds is 5. The average molecular weight is 658 g/mol. The molecule has 8 nitrogen and oxygen atoms in total. The zero-order valence-corrected chi connectivity index (χ0v) is 26.8. The molecule has 240 valence electrons. The predicted octanol–water partition coefficient (Wildman–Crippen LogP) is 7.22. The second-order valence-corrected chi connectivity index (χ2v) is 13.7. The number of carbonyl (C=O) groups is 4. The topological polar surface area (TPSA) is 107 Å². The molecule has 48 heavy (non-hydrogen) atoms. The Labute approximate surface area is 282 Å². The zero-order valence-electron chi connectivity index (χ0n) is 26.0. The third-order valence-corrected chi connectivity index (χ3v) is 11.1. The van der Waals surface area contributed by atoms with E-state index in [0.29, 0.717) is 23.4 Å². The second-order valence-electron chi connectivity index (χ2n) is 13.3. The van der Waals surface area contributed by atoms with E-state index in [4.69, 9.17) is 11.6 Å². The molecule has 6 atom stereocenters. The van der Waals surface area contributed by atoms with Crippen molar-refractivity contribution < 1.29 is 24.3 Å². The Morgan fingerprint density at radius 2 is 1.40 bits per heavy atom. The lowest BCUT2D eigenvalue weighted by Gasteiger charge is -2.49. The van der Waals surface area contributed by atoms with Gasteiger partial charge >= 0.3 is 0 Å². The Bertz CT molecular complexity index is 2010. The summed E-state index contributed by atoms with van der Waals surface area (Å²) in [4.78, 5) is 59.7. The van der Waals surface area contributed by atoms with Crippen molar-refractivity contribution in [1.82, 2.24) is 0 Å². The molecule has 2 aliphatic heterocycles. The number of carbonyl (C=O) groups excluding carboxylic acids is 4. The molecule has 4 amide bonds. The first-order valence-electron chi connectivity index (χ1n) is 16.1. The molecule has 6 unspecified atom stereocenters. The predicted molar refractivity (Wildman–Crippen MR) is 183 cm³/mol. The quantitative estimate of drug-likeness (QED) is 0.173. The van der Waals surface area contributed by atoms with Crippen molar-refractivity contribution in [1.29, 1.82) is 0 Å². The van der Waals surface area contributed by atoms with Crippen LogP contribution in [0.15, 0.2) is 115 Å². The van der Waals surface area contributed by atoms with E-state index in [0.717, 1.165) is 16.9 Å². The van der Waals surface area contributed by atoms with Crippen molar-refractivity contribution >= 4 is 58.0 Å². The molecule has 0 spiro atoms. The fourth-order valence-electron chi connectivity index (χ4n) is 8.57. The molecule has 4 aromatic carbocycles. The molecule has 0 bridgehead atoms. The lowest BCUT2D eigenvalue weighted by Crippen LogP contribution is -2.49. The second kappa shape index (κ2) is 11.2. The van der Waals surface area contributed by atoms with E-state index in [2.05, 4.69) is 5.32 Å². The highest BCUT2D eigenvalue weighted by Crippen LogP contribution is 2.64. The maximum Gasteiger partial charge on any atom is 0.241 e. The minimum absolute atomic E-state index is 0.0209. The van der Waals surface area contributed by atoms with Crippen LogP contribution in [0.2, 0.25) is 5.02 Å². The number of phenolic OH excluding ortho intramolecular Hbond substituents is 1. The van der Waals surface area contributed by atoms with E-state index >= 15 is 0 Å². The van der Waals surface area contributed by atoms with Crippen LogP contribution in [0.3, 0.4) is 0 Å². The third kappa shape index (κ3) is 4.43. The number of benzene rings is 4. The normalized spacial score (nSPS) is 27.8. The van der Waals surface area contributed by atoms with Crippen LogP contribution < -0.4 is 15.1 Å². The first-order valence-corrected chi connectivity index (χ1v) is 16.5. The van der Waals surface area contributed by atoms with Gasteiger partial charge in [-0.1, -0.05) is 65.7 Å². The van der Waals surface area contributed by atoms with Crippen molar-refractivity contribution in [3.05, 3.63) is 125 Å². The number of aromatic hydroxyl groups is 1. The van der Waals surface area contributed by atoms with Crippen LogP contribution >= 0.6 is 11.6 Å². The molecule has 2 heterocycles. The summed E-state index contributed by atoms with van der Waals surface area (Å²) < 4.78 is 0. The van der Waals surface area contributed by atoms with Crippen LogP contribution in [-0.4, -0.2) is 28.7 Å². The summed E-state index contributed by atoms with van der Waals surface area (Å²) in [5.74, 6) is -4.43. The van der Waals surface area contributed by atoms with Gasteiger partial charge in [0.1, 0.15) is 5.75 Å². The summed E-state index contributed by atoms with van der Waals surface area (Å²) in [5.41, 5.74) is 2.93. The van der Waals surface area contributed by atoms with Gasteiger partial charge in [0.2, 0.25) is 23.6 Å². The number of anilines is 4. The molecule has 4 aromatic rings. The van der Waals surface area contributed by atoms with E-state index in [1.54, 1.807) is 42.5 Å². The third-order valence-electron chi connectivity index (χ3n) is 10.8. The van der Waals surface area contributed by atoms with Gasteiger partial charge in [0.25, 0.3) is 0 Å². The number of halogens is 1. The SMILES string of the molecule is CC12C(=O)N(c3ccccc3)C(=O)C1CC1C(=CCC3C(=O)N(c4ccc(Nc5ccccc5)cc4)C(=O)C31)C2c1ccc(O)cc1Cl. The van der Waals surface area contributed by atoms with Gasteiger partial charge in [0, 0.05) is 22.3 Å². The fourth-order valence-corrected chi connectivity index (χ4v) is 8.85. The van der Waals surface area contributed by atoms with Crippen LogP contribution in [0.4, 0.5) is 22.7 Å². The van der Waals surface area contributed by atoms with Gasteiger partial charge in [-0.25, -0.2) is 4.90 Å². The van der Waals surface area contributed by atoms with Crippen LogP contribution in [0.5, 0.6) is 5.75 Å². The first-order chi connectivity index (χ1) is 23.2. The van der Waals surface area contributed by atoms with E-state index in [1.165, 1.54) is 21.9 Å². The Hall–Kier alpha value is -5.21. The summed E-state index contributed by atoms with van der Waals surface area (Å²) in [7, 11) is 0. The van der Waals surface area contributed by atoms with Crippen LogP contribution in [0, 0.1) is 29.1 Å². The minimum atomic E-state index is -1.21. The van der Waals surface area contributed by atoms with Gasteiger partial charge < -0.3 is 10.4 Å². The summed E-state index contributed by atoms with van der Waals surface area (Å²) >= 11 is 6.78. The van der Waals surface area contributed by atoms with Crippen molar-refractivity contribution in [2.24, 2.45) is 29.1 Å². The Kier molecular flexibility index (Phi) is 7.03. The van der Waals surface area contributed by atoms with Crippen molar-refractivity contribution in [2.45, 2.75) is 25.7 Å². The molecule has 1 saturated carbocycles. The molecular weight excluding hydrogens is 626 g/mol. The van der Waals surface area contributed by atoms with Gasteiger partial charge in [-0.3, -0.25) is 24.1 Å². The summed E-state index contributed by atoms with van der Waals surface area (Å²) in [5, 5.41) is 13.8. The van der Waals surface area contributed by atoms with Gasteiger partial charge in [0.05, 0.1) is 34.5 Å². The van der Waals surface area contributed by atoms with Crippen molar-refractivity contribution in [3.8, 4) is 5.75 Å². The Balaban J connectivity index is 1.18. The zero-order chi connectivity index (χ0) is 33.3. The fraction of sp³-hybridized carbons (Fsp3) is 0.231. The standard InChI is InChI=1S/C39H32ClN3O5/c1-39-31(36(46)43(38(39)48)24-10-6-3-7-11-24)21-30-27(34(39)28-17-16-26(44)20-32(28)40)18-19-29-33(30)37(47)42(35(29)45)25-14-12-23(13-15-25)41-22-8-4-2-5-9-22/h2-18,20,29-31,33-34,41,44H,19,21H2,1H3. The van der Waals surface area contributed by atoms with Crippen molar-refractivity contribution in [2.75, 3.05) is 15.1 Å². The van der Waals surface area contributed by atoms with Gasteiger partial charge in [-0.15, -0.1) is 0 Å². The van der Waals surface area contributed by atoms with E-state index < -0.39 is 35.0 Å². The minimum Gasteiger partial charge on any atom is -0.508 e. The Morgan fingerprint density at radius 3 is 2.08 bits per heavy atom. The van der Waals surface area contributed by atoms with Gasteiger partial charge in [-0.05, 0) is 91.9 Å². The lowest BCUT2D eigenvalue weighted by molar-refractivity contribution is -0.131. The van der Waals surface area contributed by atoms with Crippen LogP contribution in [-0.2, 0) is 19.2 Å². The number of nitrogens with zero attached hydrogens (tertiary/aromatic N) is 2. The average Bonchev–Trinajstić information content (AvgIpc) is 3.46. The van der Waals surface area contributed by atoms with Crippen LogP contribution in [0.25, 0.3) is 0 Å². The molecule has 2 saturated heterocycles. The number of amides is 4. The van der Waals surface area contributed by atoms with E-state index in [-0.39, 0.29) is 40.8 Å². The smallest absolute Gasteiger partial charge is 0.241 e. The molecular formula is C39H32ClN3O5. The molecule has 2 aliphatic carbocycles. The maximum atomic E-state index is 14.5. The highest BCUT2D eigenvalue weighted by atomic mass is 35.5. The summed E-state index contributed by atoms with van der Waals surface area (Å²) in [6, 6.07) is 30.4. The molecule has 2 N–H and O–H groups in total. The largest absolute Gasteiger partial charge is 0.508 e. The lowest BCUT2D eigenvalue weighted by atomic mass is 9.51. The van der Waals surface area contributed by atoms with Gasteiger partial charge in [-0.2, -0.15) is 0 Å². The maximum absolute atomic E-state index is 14.5. The van der Waals surface area contributed by atoms with Crippen molar-refractivity contribution in [3.63, 3.8) is 0 Å². The monoisotopic (exact) mass is 657 g/mol. The molecule has 0 aromatic heterocycles. The number of nitrogens with one attached hydrogen (secondary N) is 1. The Morgan fingerprint density at radius 1 is 0.750 bits per heavy atom. The number of phenols is 1. The molecule has 8 rings (SSSR count). The number of hydrogen-bond donors (Lipinski definition) is 2. The van der Waals surface area contributed by atoms with E-state index in [9.17, 15) is 24.3 Å². The molecule has 9 heteroatoms. The number of allylic oxidation sites excluding steroid dienone is 2. The highest BCUT2D eigenvalue weighted by Gasteiger charge is 2.67.